The first kappa shape index (κ1) is 12.4. The van der Waals surface area contributed by atoms with Gasteiger partial charge in [-0.05, 0) is 38.0 Å². The summed E-state index contributed by atoms with van der Waals surface area (Å²) in [7, 11) is 0. The summed E-state index contributed by atoms with van der Waals surface area (Å²) in [6, 6.07) is 4.93. The van der Waals surface area contributed by atoms with Crippen LogP contribution in [0, 0.1) is 13.8 Å². The van der Waals surface area contributed by atoms with Gasteiger partial charge in [-0.3, -0.25) is 4.79 Å². The van der Waals surface area contributed by atoms with E-state index in [1.165, 1.54) is 13.0 Å². The summed E-state index contributed by atoms with van der Waals surface area (Å²) in [6.07, 6.45) is 0. The van der Waals surface area contributed by atoms with E-state index in [9.17, 15) is 9.59 Å². The van der Waals surface area contributed by atoms with E-state index in [-0.39, 0.29) is 18.0 Å². The molecule has 0 aliphatic heterocycles. The van der Waals surface area contributed by atoms with Gasteiger partial charge in [0, 0.05) is 17.5 Å². The van der Waals surface area contributed by atoms with Crippen LogP contribution in [0.2, 0.25) is 0 Å². The van der Waals surface area contributed by atoms with Gasteiger partial charge in [-0.15, -0.1) is 0 Å². The van der Waals surface area contributed by atoms with E-state index in [1.807, 2.05) is 19.9 Å². The van der Waals surface area contributed by atoms with Crippen LogP contribution in [-0.4, -0.2) is 12.4 Å². The number of hydrogen-bond donors (Lipinski definition) is 0. The number of ketones is 1. The minimum atomic E-state index is -0.386. The molecule has 4 nitrogen and oxygen atoms in total. The molecule has 0 atom stereocenters. The van der Waals surface area contributed by atoms with Crippen LogP contribution in [0.1, 0.15) is 18.1 Å². The number of carbonyl (C=O) groups excluding carboxylic acids is 1. The Kier molecular flexibility index (Phi) is 3.19. The number of Topliss-reactive ketones (excluding diaryl/α,β-unsaturated/α-hetero) is 1. The average Bonchev–Trinajstić information content (AvgIpc) is 2.24. The molecule has 0 spiro atoms. The Bertz CT molecular complexity index is 667. The average molecular weight is 246 g/mol. The predicted molar refractivity (Wildman–Crippen MR) is 68.1 cm³/mol. The number of hydrogen-bond acceptors (Lipinski definition) is 4. The number of ether oxygens (including phenoxy) is 1. The molecule has 18 heavy (non-hydrogen) atoms. The number of aryl methyl sites for hydroxylation is 2. The van der Waals surface area contributed by atoms with Crippen LogP contribution in [-0.2, 0) is 4.79 Å². The fourth-order valence-electron chi connectivity index (χ4n) is 1.96. The van der Waals surface area contributed by atoms with Gasteiger partial charge >= 0.3 is 5.63 Å². The number of carbonyl (C=O) groups is 1. The van der Waals surface area contributed by atoms with Gasteiger partial charge in [0.2, 0.25) is 0 Å². The van der Waals surface area contributed by atoms with E-state index in [0.717, 1.165) is 16.5 Å². The van der Waals surface area contributed by atoms with E-state index in [0.29, 0.717) is 11.3 Å². The first-order chi connectivity index (χ1) is 8.47. The zero-order valence-corrected chi connectivity index (χ0v) is 10.6. The predicted octanol–water partition coefficient (Wildman–Crippen LogP) is 2.38. The Labute approximate surface area is 104 Å². The number of fused-ring (bicyclic) bond motifs is 1. The van der Waals surface area contributed by atoms with Crippen molar-refractivity contribution in [2.75, 3.05) is 6.61 Å². The summed E-state index contributed by atoms with van der Waals surface area (Å²) >= 11 is 0. The zero-order valence-electron chi connectivity index (χ0n) is 10.6. The second-order valence-electron chi connectivity index (χ2n) is 4.35. The third-order valence-electron chi connectivity index (χ3n) is 2.65. The fourth-order valence-corrected chi connectivity index (χ4v) is 1.96. The van der Waals surface area contributed by atoms with Crippen molar-refractivity contribution in [3.8, 4) is 5.75 Å². The first-order valence-corrected chi connectivity index (χ1v) is 5.64. The fraction of sp³-hybridized carbons (Fsp3) is 0.286. The standard InChI is InChI=1S/C14H14O4/c1-8-4-11(17-7-10(3)15)6-12-14(8)9(2)5-13(16)18-12/h4-6H,7H2,1-3H3. The summed E-state index contributed by atoms with van der Waals surface area (Å²) < 4.78 is 10.5. The second-order valence-corrected chi connectivity index (χ2v) is 4.35. The normalized spacial score (nSPS) is 10.6. The molecule has 2 rings (SSSR count). The van der Waals surface area contributed by atoms with Crippen LogP contribution >= 0.6 is 0 Å². The Hall–Kier alpha value is -2.10. The van der Waals surface area contributed by atoms with Crippen LogP contribution in [0.25, 0.3) is 11.0 Å². The van der Waals surface area contributed by atoms with Crippen LogP contribution in [0.15, 0.2) is 27.4 Å². The Morgan fingerprint density at radius 2 is 1.89 bits per heavy atom. The highest BCUT2D eigenvalue weighted by molar-refractivity contribution is 5.85. The van der Waals surface area contributed by atoms with Crippen molar-refractivity contribution in [1.29, 1.82) is 0 Å². The van der Waals surface area contributed by atoms with Crippen LogP contribution in [0.5, 0.6) is 5.75 Å². The summed E-state index contributed by atoms with van der Waals surface area (Å²) in [5, 5.41) is 0.907. The first-order valence-electron chi connectivity index (χ1n) is 5.64. The van der Waals surface area contributed by atoms with E-state index < -0.39 is 0 Å². The molecule has 0 N–H and O–H groups in total. The highest BCUT2D eigenvalue weighted by Crippen LogP contribution is 2.26. The molecule has 4 heteroatoms. The van der Waals surface area contributed by atoms with Crippen LogP contribution < -0.4 is 10.4 Å². The van der Waals surface area contributed by atoms with Gasteiger partial charge in [-0.2, -0.15) is 0 Å². The van der Waals surface area contributed by atoms with Crippen LogP contribution in [0.4, 0.5) is 0 Å². The lowest BCUT2D eigenvalue weighted by Crippen LogP contribution is -2.07. The number of benzene rings is 1. The largest absolute Gasteiger partial charge is 0.486 e. The van der Waals surface area contributed by atoms with E-state index >= 15 is 0 Å². The molecule has 0 fully saturated rings. The van der Waals surface area contributed by atoms with Crippen molar-refractivity contribution in [3.63, 3.8) is 0 Å². The van der Waals surface area contributed by atoms with Gasteiger partial charge in [-0.1, -0.05) is 0 Å². The van der Waals surface area contributed by atoms with Gasteiger partial charge in [0.15, 0.2) is 5.78 Å². The molecule has 0 aliphatic rings. The highest BCUT2D eigenvalue weighted by Gasteiger charge is 2.08. The van der Waals surface area contributed by atoms with Crippen molar-refractivity contribution < 1.29 is 13.9 Å². The lowest BCUT2D eigenvalue weighted by atomic mass is 10.1. The molecule has 0 radical (unpaired) electrons. The van der Waals surface area contributed by atoms with E-state index in [4.69, 9.17) is 9.15 Å². The highest BCUT2D eigenvalue weighted by atomic mass is 16.5. The smallest absolute Gasteiger partial charge is 0.336 e. The molecule has 94 valence electrons. The molecular formula is C14H14O4. The zero-order chi connectivity index (χ0) is 13.3. The molecule has 1 heterocycles. The van der Waals surface area contributed by atoms with Crippen molar-refractivity contribution in [1.82, 2.24) is 0 Å². The van der Waals surface area contributed by atoms with E-state index in [2.05, 4.69) is 0 Å². The Balaban J connectivity index is 2.54. The number of rotatable bonds is 3. The monoisotopic (exact) mass is 246 g/mol. The Morgan fingerprint density at radius 3 is 2.56 bits per heavy atom. The van der Waals surface area contributed by atoms with Crippen molar-refractivity contribution >= 4 is 16.8 Å². The third kappa shape index (κ3) is 2.42. The summed E-state index contributed by atoms with van der Waals surface area (Å²) in [5.74, 6) is 0.474. The maximum absolute atomic E-state index is 11.3. The molecule has 1 aromatic heterocycles. The quantitative estimate of drug-likeness (QED) is 0.780. The molecular weight excluding hydrogens is 232 g/mol. The third-order valence-corrected chi connectivity index (χ3v) is 2.65. The molecule has 0 unspecified atom stereocenters. The maximum Gasteiger partial charge on any atom is 0.336 e. The molecule has 2 aromatic rings. The molecule has 0 bridgehead atoms. The second kappa shape index (κ2) is 4.64. The van der Waals surface area contributed by atoms with E-state index in [1.54, 1.807) is 6.07 Å². The van der Waals surface area contributed by atoms with Crippen LogP contribution in [0.3, 0.4) is 0 Å². The molecule has 0 saturated carbocycles. The molecule has 1 aromatic carbocycles. The van der Waals surface area contributed by atoms with Crippen molar-refractivity contribution in [2.24, 2.45) is 0 Å². The maximum atomic E-state index is 11.3. The molecule has 0 amide bonds. The minimum absolute atomic E-state index is 0.0149. The Morgan fingerprint density at radius 1 is 1.22 bits per heavy atom. The lowest BCUT2D eigenvalue weighted by molar-refractivity contribution is -0.118. The van der Waals surface area contributed by atoms with Gasteiger partial charge in [0.1, 0.15) is 17.9 Å². The van der Waals surface area contributed by atoms with Gasteiger partial charge in [0.25, 0.3) is 0 Å². The lowest BCUT2D eigenvalue weighted by Gasteiger charge is -2.08. The SMILES string of the molecule is CC(=O)COc1cc(C)c2c(C)cc(=O)oc2c1. The van der Waals surface area contributed by atoms with Crippen molar-refractivity contribution in [3.05, 3.63) is 39.7 Å². The van der Waals surface area contributed by atoms with Gasteiger partial charge in [0.05, 0.1) is 0 Å². The van der Waals surface area contributed by atoms with Gasteiger partial charge < -0.3 is 9.15 Å². The summed E-state index contributed by atoms with van der Waals surface area (Å²) in [6.45, 7) is 5.25. The summed E-state index contributed by atoms with van der Waals surface area (Å²) in [5.41, 5.74) is 1.92. The van der Waals surface area contributed by atoms with Gasteiger partial charge in [-0.25, -0.2) is 4.79 Å². The molecule has 0 saturated heterocycles. The molecule has 0 aliphatic carbocycles. The topological polar surface area (TPSA) is 56.5 Å². The van der Waals surface area contributed by atoms with Crippen molar-refractivity contribution in [2.45, 2.75) is 20.8 Å². The summed E-state index contributed by atoms with van der Waals surface area (Å²) in [4.78, 5) is 22.2. The minimum Gasteiger partial charge on any atom is -0.486 e.